The van der Waals surface area contributed by atoms with Crippen LogP contribution in [0.2, 0.25) is 0 Å². The van der Waals surface area contributed by atoms with E-state index >= 15 is 0 Å². The van der Waals surface area contributed by atoms with Crippen LogP contribution in [0.3, 0.4) is 0 Å². The van der Waals surface area contributed by atoms with Crippen molar-refractivity contribution in [2.24, 2.45) is 16.6 Å². The summed E-state index contributed by atoms with van der Waals surface area (Å²) >= 11 is 0. The van der Waals surface area contributed by atoms with Crippen molar-refractivity contribution >= 4 is 23.5 Å². The van der Waals surface area contributed by atoms with Gasteiger partial charge in [0.15, 0.2) is 0 Å². The molecule has 1 aliphatic rings. The van der Waals surface area contributed by atoms with Crippen LogP contribution in [0.1, 0.15) is 151 Å². The van der Waals surface area contributed by atoms with E-state index in [1.807, 2.05) is 27.0 Å². The molecule has 1 aromatic heterocycles. The number of nitrogens with one attached hydrogen (secondary N) is 2. The van der Waals surface area contributed by atoms with Gasteiger partial charge >= 0.3 is 6.18 Å². The van der Waals surface area contributed by atoms with Gasteiger partial charge in [-0.2, -0.15) is 23.1 Å². The second-order valence-corrected chi connectivity index (χ2v) is 12.0. The van der Waals surface area contributed by atoms with Gasteiger partial charge < -0.3 is 21.3 Å². The number of nitrogens with zero attached hydrogens (tertiary/aromatic N) is 4. The SMILES string of the molecule is CC.CCCC(C)CCC.CCCC(CCC)N/C=C(CC)\C(N)=N\c1ncc(C(F)(F)F)c(NCCCN2CCCCCC2=O)n1. The molecule has 0 aromatic carbocycles. The molecule has 1 saturated heterocycles. The van der Waals surface area contributed by atoms with Crippen LogP contribution >= 0.6 is 0 Å². The average molecular weight is 670 g/mol. The molecule has 0 aliphatic carbocycles. The van der Waals surface area contributed by atoms with E-state index in [1.54, 1.807) is 4.90 Å². The van der Waals surface area contributed by atoms with E-state index in [1.165, 1.54) is 25.7 Å². The number of rotatable bonds is 18. The van der Waals surface area contributed by atoms with E-state index in [2.05, 4.69) is 60.2 Å². The lowest BCUT2D eigenvalue weighted by atomic mass is 10.0. The van der Waals surface area contributed by atoms with Crippen molar-refractivity contribution in [1.29, 1.82) is 0 Å². The van der Waals surface area contributed by atoms with Crippen molar-refractivity contribution in [1.82, 2.24) is 20.2 Å². The van der Waals surface area contributed by atoms with Gasteiger partial charge in [0, 0.05) is 50.1 Å². The summed E-state index contributed by atoms with van der Waals surface area (Å²) in [4.78, 5) is 26.0. The number of likely N-dealkylation sites (tertiary alicyclic amines) is 1. The Hall–Kier alpha value is -2.85. The molecule has 2 heterocycles. The molecule has 0 unspecified atom stereocenters. The normalized spacial score (nSPS) is 14.3. The van der Waals surface area contributed by atoms with E-state index in [0.29, 0.717) is 38.4 Å². The van der Waals surface area contributed by atoms with Crippen LogP contribution in [-0.2, 0) is 11.0 Å². The summed E-state index contributed by atoms with van der Waals surface area (Å²) in [7, 11) is 0. The number of halogens is 3. The number of hydrogen-bond donors (Lipinski definition) is 3. The van der Waals surface area contributed by atoms with Gasteiger partial charge in [0.05, 0.1) is 0 Å². The lowest BCUT2D eigenvalue weighted by molar-refractivity contribution is -0.137. The van der Waals surface area contributed by atoms with Crippen LogP contribution in [0.15, 0.2) is 23.0 Å². The van der Waals surface area contributed by atoms with E-state index in [-0.39, 0.29) is 30.1 Å². The molecular formula is C36H66F3N7O. The molecule has 47 heavy (non-hydrogen) atoms. The Bertz CT molecular complexity index is 1020. The maximum atomic E-state index is 13.6. The summed E-state index contributed by atoms with van der Waals surface area (Å²) in [6.07, 6.45) is 12.1. The Kier molecular flexibility index (Phi) is 24.6. The molecule has 11 heteroatoms. The van der Waals surface area contributed by atoms with Crippen molar-refractivity contribution in [3.05, 3.63) is 23.5 Å². The number of nitrogens with two attached hydrogens (primary N) is 1. The summed E-state index contributed by atoms with van der Waals surface area (Å²) in [6.45, 7) is 18.5. The molecule has 4 N–H and O–H groups in total. The first-order valence-corrected chi connectivity index (χ1v) is 18.3. The molecule has 8 nitrogen and oxygen atoms in total. The lowest BCUT2D eigenvalue weighted by Crippen LogP contribution is -2.32. The first-order chi connectivity index (χ1) is 22.5. The number of hydrogen-bond acceptors (Lipinski definition) is 6. The van der Waals surface area contributed by atoms with Crippen molar-refractivity contribution in [3.63, 3.8) is 0 Å². The second-order valence-electron chi connectivity index (χ2n) is 12.0. The van der Waals surface area contributed by atoms with Crippen molar-refractivity contribution in [2.75, 3.05) is 25.0 Å². The highest BCUT2D eigenvalue weighted by atomic mass is 19.4. The molecule has 1 amide bonds. The molecule has 2 rings (SSSR count). The Morgan fingerprint density at radius 2 is 1.64 bits per heavy atom. The van der Waals surface area contributed by atoms with Gasteiger partial charge in [-0.05, 0) is 44.4 Å². The fraction of sp³-hybridized carbons (Fsp3) is 0.778. The van der Waals surface area contributed by atoms with Gasteiger partial charge in [0.1, 0.15) is 17.2 Å². The Balaban J connectivity index is 0.00000184. The van der Waals surface area contributed by atoms with E-state index in [0.717, 1.165) is 62.6 Å². The van der Waals surface area contributed by atoms with Gasteiger partial charge in [0.2, 0.25) is 5.91 Å². The first kappa shape index (κ1) is 44.1. The van der Waals surface area contributed by atoms with Crippen molar-refractivity contribution in [2.45, 2.75) is 157 Å². The third kappa shape index (κ3) is 18.9. The van der Waals surface area contributed by atoms with Gasteiger partial charge in [-0.1, -0.05) is 100 Å². The number of aliphatic imine (C=N–C) groups is 1. The molecule has 1 fully saturated rings. The van der Waals surface area contributed by atoms with Gasteiger partial charge in [0.25, 0.3) is 5.95 Å². The van der Waals surface area contributed by atoms with Crippen LogP contribution in [-0.4, -0.2) is 52.3 Å². The standard InChI is InChI=1S/C26H42F3N7O.C8H18.C2H6/c1-4-11-20(12-5-2)32-17-19(6-3)23(30)34-25-33-18-21(26(27,28)29)24(35-25)31-14-10-16-36-15-9-7-8-13-22(36)37;1-4-6-8(3)7-5-2;1-2/h17-18,20,32H,4-16H2,1-3H3,(H3,30,31,33,34,35);8H,4-7H2,1-3H3;1-2H3/b19-17-;;. The van der Waals surface area contributed by atoms with Crippen molar-refractivity contribution < 1.29 is 18.0 Å². The summed E-state index contributed by atoms with van der Waals surface area (Å²) < 4.78 is 40.7. The second kappa shape index (κ2) is 26.1. The molecular weight excluding hydrogens is 603 g/mol. The predicted octanol–water partition coefficient (Wildman–Crippen LogP) is 9.79. The third-order valence-electron chi connectivity index (χ3n) is 7.91. The fourth-order valence-electron chi connectivity index (χ4n) is 5.41. The maximum absolute atomic E-state index is 13.6. The van der Waals surface area contributed by atoms with E-state index in [9.17, 15) is 18.0 Å². The predicted molar refractivity (Wildman–Crippen MR) is 192 cm³/mol. The summed E-state index contributed by atoms with van der Waals surface area (Å²) in [5.74, 6) is 0.737. The summed E-state index contributed by atoms with van der Waals surface area (Å²) in [6, 6.07) is 0.326. The van der Waals surface area contributed by atoms with Gasteiger partial charge in [-0.25, -0.2) is 4.98 Å². The highest BCUT2D eigenvalue weighted by Gasteiger charge is 2.35. The fourth-order valence-corrected chi connectivity index (χ4v) is 5.41. The molecule has 0 bridgehead atoms. The topological polar surface area (TPSA) is 109 Å². The highest BCUT2D eigenvalue weighted by molar-refractivity contribution is 5.98. The minimum Gasteiger partial charge on any atom is -0.388 e. The third-order valence-corrected chi connectivity index (χ3v) is 7.91. The Labute approximate surface area is 284 Å². The summed E-state index contributed by atoms with van der Waals surface area (Å²) in [5.41, 5.74) is 5.95. The Morgan fingerprint density at radius 3 is 2.19 bits per heavy atom. The maximum Gasteiger partial charge on any atom is 0.421 e. The highest BCUT2D eigenvalue weighted by Crippen LogP contribution is 2.34. The van der Waals surface area contributed by atoms with E-state index < -0.39 is 11.7 Å². The van der Waals surface area contributed by atoms with Gasteiger partial charge in [-0.15, -0.1) is 0 Å². The first-order valence-electron chi connectivity index (χ1n) is 18.3. The number of aromatic nitrogens is 2. The average Bonchev–Trinajstić information content (AvgIpc) is 3.24. The zero-order valence-corrected chi connectivity index (χ0v) is 30.7. The zero-order valence-electron chi connectivity index (χ0n) is 30.7. The van der Waals surface area contributed by atoms with Crippen LogP contribution < -0.4 is 16.4 Å². The molecule has 0 atom stereocenters. The number of carbonyl (C=O) groups is 1. The molecule has 272 valence electrons. The number of alkyl halides is 3. The molecule has 0 saturated carbocycles. The molecule has 1 aliphatic heterocycles. The largest absolute Gasteiger partial charge is 0.421 e. The number of carbonyl (C=O) groups excluding carboxylic acids is 1. The quantitative estimate of drug-likeness (QED) is 0.0816. The zero-order chi connectivity index (χ0) is 35.7. The smallest absolute Gasteiger partial charge is 0.388 e. The minimum absolute atomic E-state index is 0.104. The van der Waals surface area contributed by atoms with Crippen LogP contribution in [0.4, 0.5) is 24.9 Å². The lowest BCUT2D eigenvalue weighted by Gasteiger charge is -2.20. The Morgan fingerprint density at radius 1 is 1.02 bits per heavy atom. The number of amides is 1. The number of amidine groups is 1. The monoisotopic (exact) mass is 670 g/mol. The van der Waals surface area contributed by atoms with Crippen LogP contribution in [0, 0.1) is 5.92 Å². The minimum atomic E-state index is -4.62. The van der Waals surface area contributed by atoms with Crippen LogP contribution in [0.5, 0.6) is 0 Å². The summed E-state index contributed by atoms with van der Waals surface area (Å²) in [5, 5.41) is 6.16. The molecule has 0 radical (unpaired) electrons. The number of anilines is 1. The molecule has 0 spiro atoms. The molecule has 1 aromatic rings. The van der Waals surface area contributed by atoms with Crippen molar-refractivity contribution in [3.8, 4) is 0 Å². The van der Waals surface area contributed by atoms with E-state index in [4.69, 9.17) is 5.73 Å². The van der Waals surface area contributed by atoms with Gasteiger partial charge in [-0.3, -0.25) is 4.79 Å². The van der Waals surface area contributed by atoms with Crippen LogP contribution in [0.25, 0.3) is 0 Å².